The van der Waals surface area contributed by atoms with Gasteiger partial charge in [-0.25, -0.2) is 0 Å². The van der Waals surface area contributed by atoms with Gasteiger partial charge in [0.1, 0.15) is 0 Å². The van der Waals surface area contributed by atoms with Crippen LogP contribution in [-0.4, -0.2) is 45.4 Å². The molecule has 2 heterocycles. The van der Waals surface area contributed by atoms with E-state index in [1.54, 1.807) is 6.20 Å². The molecule has 110 valence electrons. The molecule has 5 nitrogen and oxygen atoms in total. The maximum atomic E-state index is 12.7. The van der Waals surface area contributed by atoms with Crippen LogP contribution in [-0.2, 0) is 6.54 Å². The molecule has 1 aromatic heterocycles. The summed E-state index contributed by atoms with van der Waals surface area (Å²) in [5, 5.41) is 13.6. The fraction of sp³-hybridized carbons (Fsp3) is 0.733. The molecule has 1 N–H and O–H groups in total. The zero-order valence-corrected chi connectivity index (χ0v) is 12.1. The number of carbonyl (C=O) groups excluding carboxylic acids is 1. The summed E-state index contributed by atoms with van der Waals surface area (Å²) in [4.78, 5) is 14.5. The summed E-state index contributed by atoms with van der Waals surface area (Å²) in [7, 11) is 0. The summed E-state index contributed by atoms with van der Waals surface area (Å²) in [6.45, 7) is 4.63. The van der Waals surface area contributed by atoms with E-state index < -0.39 is 0 Å². The number of aliphatic hydroxyl groups excluding tert-OH is 1. The molecular weight excluding hydrogens is 254 g/mol. The Morgan fingerprint density at radius 3 is 2.85 bits per heavy atom. The van der Waals surface area contributed by atoms with Crippen LogP contribution in [0.5, 0.6) is 0 Å². The first-order valence-electron chi connectivity index (χ1n) is 7.70. The Balaban J connectivity index is 1.81. The summed E-state index contributed by atoms with van der Waals surface area (Å²) in [5.41, 5.74) is 1.93. The molecule has 1 aliphatic carbocycles. The van der Waals surface area contributed by atoms with Crippen LogP contribution in [0.2, 0.25) is 0 Å². The first-order chi connectivity index (χ1) is 9.74. The Kier molecular flexibility index (Phi) is 3.78. The topological polar surface area (TPSA) is 58.4 Å². The van der Waals surface area contributed by atoms with E-state index in [9.17, 15) is 9.90 Å². The van der Waals surface area contributed by atoms with E-state index in [-0.39, 0.29) is 18.4 Å². The molecular formula is C15H23N3O2. The summed E-state index contributed by atoms with van der Waals surface area (Å²) in [5.74, 6) is 0.874. The highest BCUT2D eigenvalue weighted by Crippen LogP contribution is 2.42. The van der Waals surface area contributed by atoms with Gasteiger partial charge in [-0.1, -0.05) is 6.92 Å². The van der Waals surface area contributed by atoms with Crippen molar-refractivity contribution < 1.29 is 9.90 Å². The SMILES string of the molecule is CCCn1ncc(C(=O)N2CCC(CO)C2)c1C1CC1. The van der Waals surface area contributed by atoms with Gasteiger partial charge in [0.2, 0.25) is 0 Å². The molecule has 1 atom stereocenters. The van der Waals surface area contributed by atoms with Crippen molar-refractivity contribution in [3.05, 3.63) is 17.5 Å². The zero-order chi connectivity index (χ0) is 14.1. The second kappa shape index (κ2) is 5.56. The minimum atomic E-state index is 0.102. The van der Waals surface area contributed by atoms with Gasteiger partial charge in [-0.05, 0) is 25.7 Å². The Labute approximate surface area is 119 Å². The molecule has 5 heteroatoms. The molecule has 1 saturated heterocycles. The average molecular weight is 277 g/mol. The van der Waals surface area contributed by atoms with Crippen LogP contribution in [0.3, 0.4) is 0 Å². The Morgan fingerprint density at radius 1 is 1.45 bits per heavy atom. The molecule has 0 aromatic carbocycles. The fourth-order valence-electron chi connectivity index (χ4n) is 3.07. The van der Waals surface area contributed by atoms with Crippen molar-refractivity contribution in [1.29, 1.82) is 0 Å². The number of rotatable bonds is 5. The lowest BCUT2D eigenvalue weighted by molar-refractivity contribution is 0.0780. The number of amides is 1. The number of aromatic nitrogens is 2. The van der Waals surface area contributed by atoms with Crippen LogP contribution in [0.15, 0.2) is 6.20 Å². The van der Waals surface area contributed by atoms with Gasteiger partial charge in [-0.2, -0.15) is 5.10 Å². The minimum Gasteiger partial charge on any atom is -0.396 e. The maximum absolute atomic E-state index is 12.7. The Hall–Kier alpha value is -1.36. The van der Waals surface area contributed by atoms with Crippen LogP contribution < -0.4 is 0 Å². The van der Waals surface area contributed by atoms with Gasteiger partial charge < -0.3 is 10.0 Å². The van der Waals surface area contributed by atoms with Crippen molar-refractivity contribution in [2.24, 2.45) is 5.92 Å². The lowest BCUT2D eigenvalue weighted by Gasteiger charge is -2.16. The molecule has 0 bridgehead atoms. The van der Waals surface area contributed by atoms with E-state index in [1.165, 1.54) is 12.8 Å². The zero-order valence-electron chi connectivity index (χ0n) is 12.1. The molecule has 1 amide bonds. The number of likely N-dealkylation sites (tertiary alicyclic amines) is 1. The van der Waals surface area contributed by atoms with Crippen molar-refractivity contribution >= 4 is 5.91 Å². The molecule has 2 fully saturated rings. The summed E-state index contributed by atoms with van der Waals surface area (Å²) in [6.07, 6.45) is 6.04. The van der Waals surface area contributed by atoms with Crippen LogP contribution in [0, 0.1) is 5.92 Å². The number of nitrogens with zero attached hydrogens (tertiary/aromatic N) is 3. The van der Waals surface area contributed by atoms with Crippen LogP contribution in [0.4, 0.5) is 0 Å². The lowest BCUT2D eigenvalue weighted by atomic mass is 10.1. The third-order valence-electron chi connectivity index (χ3n) is 4.34. The third-order valence-corrected chi connectivity index (χ3v) is 4.34. The molecule has 20 heavy (non-hydrogen) atoms. The van der Waals surface area contributed by atoms with Gasteiger partial charge in [0, 0.05) is 38.1 Å². The second-order valence-electron chi connectivity index (χ2n) is 6.03. The van der Waals surface area contributed by atoms with Gasteiger partial charge >= 0.3 is 0 Å². The van der Waals surface area contributed by atoms with Gasteiger partial charge in [-0.3, -0.25) is 9.48 Å². The predicted octanol–water partition coefficient (Wildman–Crippen LogP) is 1.62. The van der Waals surface area contributed by atoms with Crippen molar-refractivity contribution in [3.8, 4) is 0 Å². The highest BCUT2D eigenvalue weighted by atomic mass is 16.3. The van der Waals surface area contributed by atoms with E-state index in [0.29, 0.717) is 12.5 Å². The maximum Gasteiger partial charge on any atom is 0.257 e. The van der Waals surface area contributed by atoms with Gasteiger partial charge in [0.15, 0.2) is 0 Å². The average Bonchev–Trinajstić information content (AvgIpc) is 3.03. The normalized spacial score (nSPS) is 22.5. The standard InChI is InChI=1S/C15H23N3O2/c1-2-6-18-14(12-3-4-12)13(8-16-18)15(20)17-7-5-11(9-17)10-19/h8,11-12,19H,2-7,9-10H2,1H3. The smallest absolute Gasteiger partial charge is 0.257 e. The second-order valence-corrected chi connectivity index (χ2v) is 6.03. The highest BCUT2D eigenvalue weighted by molar-refractivity contribution is 5.95. The van der Waals surface area contributed by atoms with Gasteiger partial charge in [-0.15, -0.1) is 0 Å². The first kappa shape index (κ1) is 13.6. The monoisotopic (exact) mass is 277 g/mol. The van der Waals surface area contributed by atoms with E-state index >= 15 is 0 Å². The lowest BCUT2D eigenvalue weighted by Crippen LogP contribution is -2.29. The minimum absolute atomic E-state index is 0.102. The molecule has 3 rings (SSSR count). The molecule has 0 spiro atoms. The quantitative estimate of drug-likeness (QED) is 0.890. The summed E-state index contributed by atoms with van der Waals surface area (Å²) >= 11 is 0. The van der Waals surface area contributed by atoms with E-state index in [0.717, 1.165) is 37.2 Å². The Bertz CT molecular complexity index is 493. The van der Waals surface area contributed by atoms with Crippen molar-refractivity contribution in [2.45, 2.75) is 45.1 Å². The fourth-order valence-corrected chi connectivity index (χ4v) is 3.07. The van der Waals surface area contributed by atoms with Crippen molar-refractivity contribution in [2.75, 3.05) is 19.7 Å². The van der Waals surface area contributed by atoms with Crippen LogP contribution in [0.1, 0.15) is 54.6 Å². The van der Waals surface area contributed by atoms with Crippen LogP contribution >= 0.6 is 0 Å². The number of aryl methyl sites for hydroxylation is 1. The van der Waals surface area contributed by atoms with Gasteiger partial charge in [0.25, 0.3) is 5.91 Å². The number of carbonyl (C=O) groups is 1. The summed E-state index contributed by atoms with van der Waals surface area (Å²) in [6, 6.07) is 0. The Morgan fingerprint density at radius 2 is 2.25 bits per heavy atom. The molecule has 1 unspecified atom stereocenters. The predicted molar refractivity (Wildman–Crippen MR) is 75.6 cm³/mol. The van der Waals surface area contributed by atoms with E-state index in [2.05, 4.69) is 12.0 Å². The molecule has 1 aliphatic heterocycles. The van der Waals surface area contributed by atoms with Crippen molar-refractivity contribution in [1.82, 2.24) is 14.7 Å². The molecule has 2 aliphatic rings. The first-order valence-corrected chi connectivity index (χ1v) is 7.70. The van der Waals surface area contributed by atoms with Crippen molar-refractivity contribution in [3.63, 3.8) is 0 Å². The molecule has 0 radical (unpaired) electrons. The summed E-state index contributed by atoms with van der Waals surface area (Å²) < 4.78 is 2.02. The number of aliphatic hydroxyl groups is 1. The van der Waals surface area contributed by atoms with E-state index in [4.69, 9.17) is 0 Å². The van der Waals surface area contributed by atoms with Crippen LogP contribution in [0.25, 0.3) is 0 Å². The highest BCUT2D eigenvalue weighted by Gasteiger charge is 2.35. The third kappa shape index (κ3) is 2.46. The molecule has 1 saturated carbocycles. The van der Waals surface area contributed by atoms with Gasteiger partial charge in [0.05, 0.1) is 17.5 Å². The number of hydrogen-bond acceptors (Lipinski definition) is 3. The largest absolute Gasteiger partial charge is 0.396 e. The number of hydrogen-bond donors (Lipinski definition) is 1. The van der Waals surface area contributed by atoms with E-state index in [1.807, 2.05) is 9.58 Å². The molecule has 1 aromatic rings.